The molecule has 348 valence electrons. The third kappa shape index (κ3) is 8.59. The minimum atomic E-state index is -1.12. The summed E-state index contributed by atoms with van der Waals surface area (Å²) in [7, 11) is 0. The number of fused-ring (bicyclic) bond motifs is 10. The number of nitrogen functional groups attached to an aromatic ring is 1. The van der Waals surface area contributed by atoms with E-state index in [1.54, 1.807) is 6.20 Å². The minimum Gasteiger partial charge on any atom is -0.395 e. The van der Waals surface area contributed by atoms with Gasteiger partial charge in [0.15, 0.2) is 5.78 Å². The van der Waals surface area contributed by atoms with Crippen LogP contribution in [0.25, 0.3) is 0 Å². The van der Waals surface area contributed by atoms with E-state index in [0.717, 1.165) is 82.7 Å². The van der Waals surface area contributed by atoms with Gasteiger partial charge in [0, 0.05) is 11.8 Å². The van der Waals surface area contributed by atoms with Crippen molar-refractivity contribution in [3.63, 3.8) is 0 Å². The first-order chi connectivity index (χ1) is 28.8. The van der Waals surface area contributed by atoms with Gasteiger partial charge in [-0.05, 0) is 188 Å². The van der Waals surface area contributed by atoms with Gasteiger partial charge in [-0.1, -0.05) is 47.5 Å². The molecule has 0 radical (unpaired) electrons. The Bertz CT molecular complexity index is 1850. The molecule has 0 spiro atoms. The first kappa shape index (κ1) is 47.6. The molecule has 62 heavy (non-hydrogen) atoms. The Hall–Kier alpha value is -2.38. The van der Waals surface area contributed by atoms with Crippen LogP contribution >= 0.6 is 15.9 Å². The Balaban J connectivity index is 0.000000164. The SMILES string of the molecule is C.C[C@@]1(O)CC[C@@]2(F)[C@H](CC[C@H]3[C@@H]4CC[C@H](C(=O)CBr)[C@@]4(C)CC[C@@H]32)C1.C[C@@]1(O)CC[C@@]2(F)[C@H](CC[C@H]3[C@@H]4CC[C@H](C(=O)CNc5cnoc5)[C@@]4(C)CC[C@@H]32)C1.Nc1cnoc1. The lowest BCUT2D eigenvalue weighted by molar-refractivity contribution is -0.165. The quantitative estimate of drug-likeness (QED) is 0.205. The summed E-state index contributed by atoms with van der Waals surface area (Å²) in [5, 5.41) is 31.5. The van der Waals surface area contributed by atoms with E-state index < -0.39 is 22.5 Å². The molecule has 5 N–H and O–H groups in total. The summed E-state index contributed by atoms with van der Waals surface area (Å²) in [4.78, 5) is 25.6. The highest BCUT2D eigenvalue weighted by molar-refractivity contribution is 9.09. The number of aliphatic hydroxyl groups is 2. The number of hydrogen-bond donors (Lipinski definition) is 4. The number of nitrogens with zero attached hydrogens (tertiary/aromatic N) is 2. The van der Waals surface area contributed by atoms with Crippen molar-refractivity contribution >= 4 is 38.9 Å². The second-order valence-corrected chi connectivity index (χ2v) is 22.8. The summed E-state index contributed by atoms with van der Waals surface area (Å²) < 4.78 is 41.8. The van der Waals surface area contributed by atoms with Crippen molar-refractivity contribution in [2.24, 2.45) is 70.0 Å². The van der Waals surface area contributed by atoms with Gasteiger partial charge in [-0.15, -0.1) is 0 Å². The maximum atomic E-state index is 16.4. The zero-order chi connectivity index (χ0) is 43.6. The van der Waals surface area contributed by atoms with Crippen LogP contribution < -0.4 is 11.1 Å². The fraction of sp³-hybridized carbons (Fsp3) is 0.837. The predicted octanol–water partition coefficient (Wildman–Crippen LogP) is 10.7. The summed E-state index contributed by atoms with van der Waals surface area (Å²) in [6.45, 7) is 8.66. The molecule has 0 unspecified atom stereocenters. The molecular formula is C49H75BrF2N4O6. The van der Waals surface area contributed by atoms with E-state index in [-0.39, 0.29) is 59.5 Å². The second kappa shape index (κ2) is 17.8. The zero-order valence-electron chi connectivity index (χ0n) is 36.9. The average Bonchev–Trinajstić information content (AvgIpc) is 4.05. The van der Waals surface area contributed by atoms with Crippen molar-refractivity contribution in [2.45, 2.75) is 173 Å². The predicted molar refractivity (Wildman–Crippen MR) is 240 cm³/mol. The molecule has 8 aliphatic carbocycles. The number of hydrogen-bond acceptors (Lipinski definition) is 10. The van der Waals surface area contributed by atoms with E-state index in [0.29, 0.717) is 85.5 Å². The number of carbonyl (C=O) groups excluding carboxylic acids is 2. The number of carbonyl (C=O) groups is 2. The molecule has 16 atom stereocenters. The van der Waals surface area contributed by atoms with Gasteiger partial charge < -0.3 is 30.3 Å². The molecule has 0 saturated heterocycles. The third-order valence-electron chi connectivity index (χ3n) is 18.9. The lowest BCUT2D eigenvalue weighted by Crippen LogP contribution is -2.58. The summed E-state index contributed by atoms with van der Waals surface area (Å²) in [5.74, 6) is 2.89. The summed E-state index contributed by atoms with van der Waals surface area (Å²) >= 11 is 3.37. The van der Waals surface area contributed by atoms with E-state index >= 15 is 8.78 Å². The van der Waals surface area contributed by atoms with E-state index in [2.05, 4.69) is 49.9 Å². The highest BCUT2D eigenvalue weighted by Crippen LogP contribution is 2.68. The molecule has 0 amide bonds. The van der Waals surface area contributed by atoms with Crippen LogP contribution in [-0.4, -0.2) is 66.5 Å². The Labute approximate surface area is 376 Å². The summed E-state index contributed by atoms with van der Waals surface area (Å²) in [6, 6.07) is 0. The van der Waals surface area contributed by atoms with E-state index in [1.807, 2.05) is 13.8 Å². The zero-order valence-corrected chi connectivity index (χ0v) is 38.4. The van der Waals surface area contributed by atoms with Crippen LogP contribution in [0.4, 0.5) is 20.2 Å². The number of Topliss-reactive ketones (excluding diaryl/α,β-unsaturated/α-hetero) is 2. The molecule has 2 aromatic rings. The third-order valence-corrected chi connectivity index (χ3v) is 19.4. The van der Waals surface area contributed by atoms with Crippen molar-refractivity contribution in [2.75, 3.05) is 22.9 Å². The van der Waals surface area contributed by atoms with Crippen molar-refractivity contribution in [3.8, 4) is 0 Å². The molecule has 13 heteroatoms. The molecule has 0 aliphatic heterocycles. The van der Waals surface area contributed by atoms with Gasteiger partial charge in [-0.3, -0.25) is 9.59 Å². The van der Waals surface area contributed by atoms with Gasteiger partial charge in [-0.2, -0.15) is 0 Å². The van der Waals surface area contributed by atoms with E-state index in [4.69, 9.17) is 10.3 Å². The Morgan fingerprint density at radius 1 is 0.694 bits per heavy atom. The Kier molecular flexibility index (Phi) is 13.6. The lowest BCUT2D eigenvalue weighted by Gasteiger charge is -2.59. The average molecular weight is 934 g/mol. The molecule has 10 rings (SSSR count). The monoisotopic (exact) mass is 932 g/mol. The number of nitrogens with two attached hydrogens (primary N) is 1. The number of aromatic nitrogens is 2. The normalized spacial score (nSPS) is 46.2. The molecule has 10 nitrogen and oxygen atoms in total. The standard InChI is InChI=1S/C24H35FN2O3.C21H32BrFO2.C3H4N2O.CH4/c1-22(29)9-10-24(25)15(11-22)3-4-17-18-5-6-20(23(18,2)8-7-19(17)24)21(28)13-26-16-12-27-30-14-16;1-19(25)9-10-21(23)13(11-19)3-4-14-15-5-6-17(18(24)12-22)20(15,2)8-7-16(14)21;4-3-1-5-6-2-3;/h12,14-15,17-20,26,29H,3-11,13H2,1-2H3;13-17,25H,3-12H2,1-2H3;1-2H,4H2;1H4/t15-,17+,18+,19+,20-,22-,23+,24-;13-,14+,15+,16+,17-,19-,20+,21-;;/m11../s1. The molecule has 2 aromatic heterocycles. The van der Waals surface area contributed by atoms with Crippen molar-refractivity contribution in [1.29, 1.82) is 0 Å². The lowest BCUT2D eigenvalue weighted by atomic mass is 9.48. The smallest absolute Gasteiger partial charge is 0.155 e. The molecule has 2 heterocycles. The first-order valence-corrected chi connectivity index (χ1v) is 24.7. The molecule has 0 aromatic carbocycles. The fourth-order valence-corrected chi connectivity index (χ4v) is 16.3. The molecular weight excluding hydrogens is 858 g/mol. The number of alkyl halides is 3. The Morgan fingerprint density at radius 2 is 1.18 bits per heavy atom. The maximum absolute atomic E-state index is 16.4. The minimum absolute atomic E-state index is 0. The first-order valence-electron chi connectivity index (χ1n) is 23.6. The number of halogens is 3. The highest BCUT2D eigenvalue weighted by Gasteiger charge is 2.65. The largest absolute Gasteiger partial charge is 0.395 e. The number of anilines is 2. The van der Waals surface area contributed by atoms with Gasteiger partial charge in [0.1, 0.15) is 29.6 Å². The van der Waals surface area contributed by atoms with Crippen molar-refractivity contribution in [3.05, 3.63) is 24.9 Å². The van der Waals surface area contributed by atoms with Crippen LogP contribution in [0.15, 0.2) is 34.0 Å². The summed E-state index contributed by atoms with van der Waals surface area (Å²) in [5.41, 5.74) is 2.89. The molecule has 0 bridgehead atoms. The van der Waals surface area contributed by atoms with Crippen molar-refractivity contribution < 1.29 is 37.6 Å². The van der Waals surface area contributed by atoms with Crippen LogP contribution in [0.1, 0.15) is 151 Å². The highest BCUT2D eigenvalue weighted by atomic mass is 79.9. The molecule has 8 aliphatic rings. The van der Waals surface area contributed by atoms with Gasteiger partial charge in [-0.25, -0.2) is 8.78 Å². The van der Waals surface area contributed by atoms with Gasteiger partial charge in [0.05, 0.1) is 46.8 Å². The van der Waals surface area contributed by atoms with Crippen LogP contribution in [0.2, 0.25) is 0 Å². The van der Waals surface area contributed by atoms with Crippen molar-refractivity contribution in [1.82, 2.24) is 10.3 Å². The van der Waals surface area contributed by atoms with Gasteiger partial charge >= 0.3 is 0 Å². The van der Waals surface area contributed by atoms with Crippen LogP contribution in [-0.2, 0) is 9.59 Å². The number of ketones is 2. The fourth-order valence-electron chi connectivity index (χ4n) is 15.9. The maximum Gasteiger partial charge on any atom is 0.155 e. The van der Waals surface area contributed by atoms with Gasteiger partial charge in [0.2, 0.25) is 0 Å². The number of nitrogens with one attached hydrogen (secondary N) is 1. The van der Waals surface area contributed by atoms with E-state index in [1.165, 1.54) is 18.7 Å². The number of rotatable bonds is 6. The van der Waals surface area contributed by atoms with Crippen LogP contribution in [0, 0.1) is 70.0 Å². The van der Waals surface area contributed by atoms with Crippen LogP contribution in [0.3, 0.4) is 0 Å². The second-order valence-electron chi connectivity index (χ2n) is 22.2. The van der Waals surface area contributed by atoms with Crippen LogP contribution in [0.5, 0.6) is 0 Å². The topological polar surface area (TPSA) is 165 Å². The van der Waals surface area contributed by atoms with Gasteiger partial charge in [0.25, 0.3) is 0 Å². The molecule has 8 fully saturated rings. The van der Waals surface area contributed by atoms with E-state index in [9.17, 15) is 19.8 Å². The molecule has 8 saturated carbocycles. The Morgan fingerprint density at radius 3 is 1.60 bits per heavy atom. The summed E-state index contributed by atoms with van der Waals surface area (Å²) in [6.07, 6.45) is 21.1.